The molecule has 1 atom stereocenters. The van der Waals surface area contributed by atoms with E-state index in [9.17, 15) is 8.78 Å². The average molecular weight is 256 g/mol. The Labute approximate surface area is 108 Å². The van der Waals surface area contributed by atoms with E-state index in [0.29, 0.717) is 24.4 Å². The minimum atomic E-state index is -0.520. The fourth-order valence-electron chi connectivity index (χ4n) is 1.92. The fourth-order valence-corrected chi connectivity index (χ4v) is 1.92. The Balaban J connectivity index is 3.09. The Morgan fingerprint density at radius 2 is 1.67 bits per heavy atom. The van der Waals surface area contributed by atoms with E-state index < -0.39 is 11.6 Å². The molecule has 0 aromatic heterocycles. The number of anilines is 1. The first kappa shape index (κ1) is 14.9. The first-order valence-electron chi connectivity index (χ1n) is 6.29. The molecule has 102 valence electrons. The van der Waals surface area contributed by atoms with E-state index >= 15 is 0 Å². The smallest absolute Gasteiger partial charge is 0.149 e. The molecular formula is C14H22F2N2. The Kier molecular flexibility index (Phi) is 5.08. The second-order valence-electron chi connectivity index (χ2n) is 5.04. The monoisotopic (exact) mass is 256 g/mol. The number of halogens is 2. The van der Waals surface area contributed by atoms with Gasteiger partial charge in [-0.1, -0.05) is 13.8 Å². The second-order valence-corrected chi connectivity index (χ2v) is 5.04. The molecule has 1 aromatic carbocycles. The summed E-state index contributed by atoms with van der Waals surface area (Å²) in [5, 5.41) is 0. The van der Waals surface area contributed by atoms with Crippen LogP contribution in [0.15, 0.2) is 12.1 Å². The van der Waals surface area contributed by atoms with Gasteiger partial charge < -0.3 is 10.6 Å². The average Bonchev–Trinajstić information content (AvgIpc) is 2.27. The first-order chi connectivity index (χ1) is 8.38. The van der Waals surface area contributed by atoms with E-state index in [0.717, 1.165) is 0 Å². The maximum Gasteiger partial charge on any atom is 0.149 e. The summed E-state index contributed by atoms with van der Waals surface area (Å²) in [4.78, 5) is 1.65. The quantitative estimate of drug-likeness (QED) is 0.877. The summed E-state index contributed by atoms with van der Waals surface area (Å²) in [7, 11) is 1.72. The normalized spacial score (nSPS) is 12.9. The summed E-state index contributed by atoms with van der Waals surface area (Å²) in [5.41, 5.74) is 6.03. The van der Waals surface area contributed by atoms with E-state index in [-0.39, 0.29) is 11.7 Å². The van der Waals surface area contributed by atoms with E-state index in [1.807, 2.05) is 20.8 Å². The predicted octanol–water partition coefficient (Wildman–Crippen LogP) is 2.95. The summed E-state index contributed by atoms with van der Waals surface area (Å²) in [5.74, 6) is -0.723. The number of benzene rings is 1. The van der Waals surface area contributed by atoms with Gasteiger partial charge in [0.25, 0.3) is 0 Å². The largest absolute Gasteiger partial charge is 0.367 e. The highest BCUT2D eigenvalue weighted by atomic mass is 19.1. The highest BCUT2D eigenvalue weighted by Crippen LogP contribution is 2.27. The van der Waals surface area contributed by atoms with Crippen LogP contribution in [0, 0.1) is 17.6 Å². The first-order valence-corrected chi connectivity index (χ1v) is 6.29. The van der Waals surface area contributed by atoms with E-state index in [4.69, 9.17) is 5.73 Å². The number of hydrogen-bond donors (Lipinski definition) is 1. The lowest BCUT2D eigenvalue weighted by molar-refractivity contribution is 0.485. The summed E-state index contributed by atoms with van der Waals surface area (Å²) in [6.07, 6.45) is 0.484. The SMILES string of the molecule is CC(C)C(C)N(C)c1c(F)cc(CCN)cc1F. The molecule has 2 N–H and O–H groups in total. The summed E-state index contributed by atoms with van der Waals surface area (Å²) >= 11 is 0. The molecule has 1 aromatic rings. The van der Waals surface area contributed by atoms with Gasteiger partial charge in [-0.3, -0.25) is 0 Å². The molecule has 0 aliphatic carbocycles. The number of rotatable bonds is 5. The van der Waals surface area contributed by atoms with Gasteiger partial charge in [0.05, 0.1) is 0 Å². The summed E-state index contributed by atoms with van der Waals surface area (Å²) in [6.45, 7) is 6.40. The lowest BCUT2D eigenvalue weighted by atomic mass is 10.0. The van der Waals surface area contributed by atoms with Crippen molar-refractivity contribution in [1.29, 1.82) is 0 Å². The van der Waals surface area contributed by atoms with Gasteiger partial charge in [0.15, 0.2) is 0 Å². The van der Waals surface area contributed by atoms with Crippen molar-refractivity contribution in [2.24, 2.45) is 11.7 Å². The van der Waals surface area contributed by atoms with Crippen molar-refractivity contribution in [3.8, 4) is 0 Å². The van der Waals surface area contributed by atoms with Crippen LogP contribution in [0.2, 0.25) is 0 Å². The van der Waals surface area contributed by atoms with Gasteiger partial charge in [-0.05, 0) is 43.5 Å². The summed E-state index contributed by atoms with van der Waals surface area (Å²) in [6, 6.07) is 2.80. The van der Waals surface area contributed by atoms with Gasteiger partial charge in [0, 0.05) is 13.1 Å². The lowest BCUT2D eigenvalue weighted by Gasteiger charge is -2.30. The van der Waals surface area contributed by atoms with Crippen LogP contribution in [0.4, 0.5) is 14.5 Å². The third-order valence-electron chi connectivity index (χ3n) is 3.44. The number of nitrogens with two attached hydrogens (primary N) is 1. The van der Waals surface area contributed by atoms with E-state index in [2.05, 4.69) is 0 Å². The van der Waals surface area contributed by atoms with Crippen LogP contribution < -0.4 is 10.6 Å². The molecule has 2 nitrogen and oxygen atoms in total. The molecule has 0 aliphatic rings. The minimum Gasteiger partial charge on any atom is -0.367 e. The van der Waals surface area contributed by atoms with Crippen LogP contribution in [0.3, 0.4) is 0 Å². The third kappa shape index (κ3) is 3.19. The van der Waals surface area contributed by atoms with Gasteiger partial charge >= 0.3 is 0 Å². The van der Waals surface area contributed by atoms with Gasteiger partial charge in [0.2, 0.25) is 0 Å². The maximum atomic E-state index is 14.0. The molecule has 0 amide bonds. The molecule has 0 heterocycles. The van der Waals surface area contributed by atoms with Crippen molar-refractivity contribution in [3.05, 3.63) is 29.3 Å². The van der Waals surface area contributed by atoms with E-state index in [1.54, 1.807) is 11.9 Å². The molecule has 0 saturated heterocycles. The van der Waals surface area contributed by atoms with Crippen molar-refractivity contribution in [1.82, 2.24) is 0 Å². The molecule has 18 heavy (non-hydrogen) atoms. The molecule has 0 radical (unpaired) electrons. The van der Waals surface area contributed by atoms with Crippen LogP contribution in [-0.4, -0.2) is 19.6 Å². The molecule has 4 heteroatoms. The van der Waals surface area contributed by atoms with Crippen LogP contribution in [0.1, 0.15) is 26.3 Å². The van der Waals surface area contributed by atoms with Crippen LogP contribution in [0.5, 0.6) is 0 Å². The summed E-state index contributed by atoms with van der Waals surface area (Å²) < 4.78 is 28.0. The van der Waals surface area contributed by atoms with Crippen molar-refractivity contribution in [2.75, 3.05) is 18.5 Å². The zero-order valence-corrected chi connectivity index (χ0v) is 11.5. The molecule has 0 fully saturated rings. The van der Waals surface area contributed by atoms with Gasteiger partial charge in [-0.2, -0.15) is 0 Å². The zero-order chi connectivity index (χ0) is 13.9. The number of hydrogen-bond acceptors (Lipinski definition) is 2. The Hall–Kier alpha value is -1.16. The van der Waals surface area contributed by atoms with Crippen LogP contribution in [0.25, 0.3) is 0 Å². The number of nitrogens with zero attached hydrogens (tertiary/aromatic N) is 1. The van der Waals surface area contributed by atoms with Crippen molar-refractivity contribution in [3.63, 3.8) is 0 Å². The van der Waals surface area contributed by atoms with E-state index in [1.165, 1.54) is 12.1 Å². The maximum absolute atomic E-state index is 14.0. The highest BCUT2D eigenvalue weighted by Gasteiger charge is 2.21. The Bertz CT molecular complexity index is 382. The van der Waals surface area contributed by atoms with Crippen molar-refractivity contribution in [2.45, 2.75) is 33.2 Å². The Morgan fingerprint density at radius 1 is 1.17 bits per heavy atom. The van der Waals surface area contributed by atoms with Gasteiger partial charge in [-0.15, -0.1) is 0 Å². The molecule has 0 aliphatic heterocycles. The van der Waals surface area contributed by atoms with Crippen molar-refractivity contribution >= 4 is 5.69 Å². The fraction of sp³-hybridized carbons (Fsp3) is 0.571. The molecular weight excluding hydrogens is 234 g/mol. The lowest BCUT2D eigenvalue weighted by Crippen LogP contribution is -2.34. The molecule has 1 rings (SSSR count). The van der Waals surface area contributed by atoms with Crippen LogP contribution in [-0.2, 0) is 6.42 Å². The van der Waals surface area contributed by atoms with Crippen molar-refractivity contribution < 1.29 is 8.78 Å². The predicted molar refractivity (Wildman–Crippen MR) is 71.8 cm³/mol. The van der Waals surface area contributed by atoms with Gasteiger partial charge in [-0.25, -0.2) is 8.78 Å². The highest BCUT2D eigenvalue weighted by molar-refractivity contribution is 5.51. The second kappa shape index (κ2) is 6.14. The van der Waals surface area contributed by atoms with Gasteiger partial charge in [0.1, 0.15) is 17.3 Å². The third-order valence-corrected chi connectivity index (χ3v) is 3.44. The van der Waals surface area contributed by atoms with Crippen LogP contribution >= 0.6 is 0 Å². The molecule has 0 saturated carbocycles. The standard InChI is InChI=1S/C14H22F2N2/c1-9(2)10(3)18(4)14-12(15)7-11(5-6-17)8-13(14)16/h7-10H,5-6,17H2,1-4H3. The minimum absolute atomic E-state index is 0.0389. The molecule has 1 unspecified atom stereocenters. The molecule has 0 spiro atoms. The Morgan fingerprint density at radius 3 is 2.06 bits per heavy atom. The topological polar surface area (TPSA) is 29.3 Å². The zero-order valence-electron chi connectivity index (χ0n) is 11.5. The molecule has 0 bridgehead atoms.